The second kappa shape index (κ2) is 6.62. The maximum atomic E-state index is 14.5. The summed E-state index contributed by atoms with van der Waals surface area (Å²) in [4.78, 5) is 12.2. The van der Waals surface area contributed by atoms with E-state index in [-0.39, 0.29) is 11.5 Å². The highest BCUT2D eigenvalue weighted by molar-refractivity contribution is 5.90. The molecule has 0 saturated heterocycles. The number of hydrogen-bond acceptors (Lipinski definition) is 3. The molecule has 3 saturated carbocycles. The molecule has 0 N–H and O–H groups in total. The van der Waals surface area contributed by atoms with E-state index in [1.165, 1.54) is 25.3 Å². The Morgan fingerprint density at radius 2 is 1.92 bits per heavy atom. The molecule has 0 radical (unpaired) electrons. The van der Waals surface area contributed by atoms with Crippen LogP contribution in [0, 0.1) is 29.5 Å². The van der Waals surface area contributed by atoms with Crippen molar-refractivity contribution in [2.24, 2.45) is 23.7 Å². The van der Waals surface area contributed by atoms with Crippen LogP contribution < -0.4 is 4.74 Å². The number of carbonyl (C=O) groups excluding carboxylic acids is 1. The van der Waals surface area contributed by atoms with E-state index in [2.05, 4.69) is 0 Å². The molecule has 0 heterocycles. The molecule has 1 aromatic carbocycles. The van der Waals surface area contributed by atoms with Gasteiger partial charge < -0.3 is 9.47 Å². The second-order valence-corrected chi connectivity index (χ2v) is 8.54. The molecule has 1 aromatic rings. The van der Waals surface area contributed by atoms with Crippen LogP contribution in [0.15, 0.2) is 12.1 Å². The molecular weight excluding hydrogens is 319 g/mol. The van der Waals surface area contributed by atoms with Gasteiger partial charge in [-0.1, -0.05) is 13.8 Å². The Bertz CT molecular complexity index is 655. The van der Waals surface area contributed by atoms with Crippen LogP contribution in [0.3, 0.4) is 0 Å². The molecule has 2 atom stereocenters. The third-order valence-electron chi connectivity index (χ3n) is 5.70. The lowest BCUT2D eigenvalue weighted by Crippen LogP contribution is -2.14. The average Bonchev–Trinajstić information content (AvgIpc) is 3.50. The minimum atomic E-state index is -0.574. The highest BCUT2D eigenvalue weighted by Gasteiger charge is 2.45. The van der Waals surface area contributed by atoms with Crippen molar-refractivity contribution in [1.82, 2.24) is 0 Å². The van der Waals surface area contributed by atoms with Crippen LogP contribution in [0.2, 0.25) is 0 Å². The molecule has 3 fully saturated rings. The van der Waals surface area contributed by atoms with Crippen molar-refractivity contribution in [3.8, 4) is 5.75 Å². The van der Waals surface area contributed by atoms with Gasteiger partial charge >= 0.3 is 5.97 Å². The summed E-state index contributed by atoms with van der Waals surface area (Å²) in [5, 5.41) is 0. The third kappa shape index (κ3) is 3.83. The molecule has 4 heteroatoms. The fraction of sp³-hybridized carbons (Fsp3) is 0.667. The van der Waals surface area contributed by atoms with Crippen LogP contribution in [-0.2, 0) is 4.74 Å². The van der Waals surface area contributed by atoms with Crippen molar-refractivity contribution in [3.63, 3.8) is 0 Å². The Labute approximate surface area is 148 Å². The van der Waals surface area contributed by atoms with Crippen LogP contribution in [0.5, 0.6) is 5.75 Å². The van der Waals surface area contributed by atoms with Crippen LogP contribution >= 0.6 is 0 Å². The highest BCUT2D eigenvalue weighted by Crippen LogP contribution is 2.54. The van der Waals surface area contributed by atoms with Crippen LogP contribution in [0.4, 0.5) is 4.39 Å². The van der Waals surface area contributed by atoms with Gasteiger partial charge in [0, 0.05) is 6.07 Å². The van der Waals surface area contributed by atoms with E-state index in [0.29, 0.717) is 30.8 Å². The molecule has 0 aromatic heterocycles. The normalized spacial score (nSPS) is 27.3. The van der Waals surface area contributed by atoms with Crippen molar-refractivity contribution in [1.29, 1.82) is 0 Å². The number of fused-ring (bicyclic) bond motifs is 1. The quantitative estimate of drug-likeness (QED) is 0.656. The largest absolute Gasteiger partial charge is 0.493 e. The Hall–Kier alpha value is -1.58. The lowest BCUT2D eigenvalue weighted by molar-refractivity contribution is 0.0453. The van der Waals surface area contributed by atoms with E-state index in [0.717, 1.165) is 30.2 Å². The van der Waals surface area contributed by atoms with Gasteiger partial charge in [0.2, 0.25) is 0 Å². The van der Waals surface area contributed by atoms with Gasteiger partial charge in [0.15, 0.2) is 0 Å². The lowest BCUT2D eigenvalue weighted by Gasteiger charge is -2.17. The van der Waals surface area contributed by atoms with Crippen molar-refractivity contribution in [3.05, 3.63) is 29.1 Å². The summed E-state index contributed by atoms with van der Waals surface area (Å²) in [6, 6.07) is 3.06. The predicted octanol–water partition coefficient (Wildman–Crippen LogP) is 4.94. The first kappa shape index (κ1) is 16.9. The Morgan fingerprint density at radius 3 is 2.56 bits per heavy atom. The van der Waals surface area contributed by atoms with Gasteiger partial charge in [-0.05, 0) is 73.3 Å². The number of rotatable bonds is 7. The average molecular weight is 346 g/mol. The number of esters is 1. The molecule has 3 nitrogen and oxygen atoms in total. The maximum Gasteiger partial charge on any atom is 0.341 e. The monoisotopic (exact) mass is 346 g/mol. The zero-order valence-electron chi connectivity index (χ0n) is 15.1. The minimum Gasteiger partial charge on any atom is -0.493 e. The van der Waals surface area contributed by atoms with E-state index < -0.39 is 11.8 Å². The Kier molecular flexibility index (Phi) is 4.47. The zero-order chi connectivity index (χ0) is 17.6. The van der Waals surface area contributed by atoms with Gasteiger partial charge in [0.25, 0.3) is 0 Å². The van der Waals surface area contributed by atoms with Crippen LogP contribution in [0.1, 0.15) is 67.8 Å². The van der Waals surface area contributed by atoms with Crippen molar-refractivity contribution in [2.45, 2.75) is 51.9 Å². The predicted molar refractivity (Wildman–Crippen MR) is 93.3 cm³/mol. The topological polar surface area (TPSA) is 35.5 Å². The molecule has 3 aliphatic rings. The minimum absolute atomic E-state index is 0.0389. The molecule has 4 rings (SSSR count). The molecule has 0 amide bonds. The van der Waals surface area contributed by atoms with E-state index >= 15 is 0 Å². The van der Waals surface area contributed by atoms with Crippen LogP contribution in [0.25, 0.3) is 0 Å². The second-order valence-electron chi connectivity index (χ2n) is 8.54. The van der Waals surface area contributed by atoms with Crippen molar-refractivity contribution in [2.75, 3.05) is 13.2 Å². The standard InChI is InChI=1S/C21H27FO3/c1-12(2)10-25-21(23)18-8-17(14-3-4-14)20(9-19(18)22)24-11-13-5-15-7-16(15)6-13/h8-9,12-16H,3-7,10-11H2,1-2H3. The SMILES string of the molecule is CC(C)COC(=O)c1cc(C2CC2)c(OCC2CC3CC3C2)cc1F. The van der Waals surface area contributed by atoms with Gasteiger partial charge in [0.05, 0.1) is 18.8 Å². The summed E-state index contributed by atoms with van der Waals surface area (Å²) in [6.45, 7) is 4.90. The summed E-state index contributed by atoms with van der Waals surface area (Å²) in [5.74, 6) is 2.59. The summed E-state index contributed by atoms with van der Waals surface area (Å²) in [5.41, 5.74) is 1.01. The molecule has 2 unspecified atom stereocenters. The number of hydrogen-bond donors (Lipinski definition) is 0. The van der Waals surface area contributed by atoms with Gasteiger partial charge in [-0.15, -0.1) is 0 Å². The summed E-state index contributed by atoms with van der Waals surface area (Å²) in [7, 11) is 0. The van der Waals surface area contributed by atoms with Gasteiger partial charge in [-0.2, -0.15) is 0 Å². The Morgan fingerprint density at radius 1 is 1.20 bits per heavy atom. The fourth-order valence-corrected chi connectivity index (χ4v) is 4.07. The van der Waals surface area contributed by atoms with Crippen molar-refractivity contribution >= 4 is 5.97 Å². The molecule has 0 spiro atoms. The van der Waals surface area contributed by atoms with E-state index in [1.807, 2.05) is 13.8 Å². The first-order valence-electron chi connectivity index (χ1n) is 9.64. The highest BCUT2D eigenvalue weighted by atomic mass is 19.1. The Balaban J connectivity index is 1.46. The fourth-order valence-electron chi connectivity index (χ4n) is 4.07. The van der Waals surface area contributed by atoms with Gasteiger partial charge in [-0.25, -0.2) is 9.18 Å². The third-order valence-corrected chi connectivity index (χ3v) is 5.70. The molecule has 25 heavy (non-hydrogen) atoms. The molecule has 136 valence electrons. The van der Waals surface area contributed by atoms with Crippen LogP contribution in [-0.4, -0.2) is 19.2 Å². The molecular formula is C21H27FO3. The number of halogens is 1. The zero-order valence-corrected chi connectivity index (χ0v) is 15.1. The molecule has 0 aliphatic heterocycles. The smallest absolute Gasteiger partial charge is 0.341 e. The molecule has 0 bridgehead atoms. The number of carbonyl (C=O) groups is 1. The summed E-state index contributed by atoms with van der Waals surface area (Å²) < 4.78 is 25.7. The summed E-state index contributed by atoms with van der Waals surface area (Å²) >= 11 is 0. The van der Waals surface area contributed by atoms with Crippen molar-refractivity contribution < 1.29 is 18.7 Å². The number of benzene rings is 1. The van der Waals surface area contributed by atoms with E-state index in [4.69, 9.17) is 9.47 Å². The van der Waals surface area contributed by atoms with E-state index in [9.17, 15) is 9.18 Å². The lowest BCUT2D eigenvalue weighted by atomic mass is 10.0. The maximum absolute atomic E-state index is 14.5. The van der Waals surface area contributed by atoms with Gasteiger partial charge in [0.1, 0.15) is 11.6 Å². The number of ether oxygens (including phenoxy) is 2. The van der Waals surface area contributed by atoms with E-state index in [1.54, 1.807) is 6.07 Å². The first-order chi connectivity index (χ1) is 12.0. The van der Waals surface area contributed by atoms with Gasteiger partial charge in [-0.3, -0.25) is 0 Å². The molecule has 3 aliphatic carbocycles. The first-order valence-corrected chi connectivity index (χ1v) is 9.64. The summed E-state index contributed by atoms with van der Waals surface area (Å²) in [6.07, 6.45) is 6.06.